The Hall–Kier alpha value is -2.18. The molecule has 0 spiro atoms. The molecule has 1 aromatic rings. The lowest BCUT2D eigenvalue weighted by Gasteiger charge is -2.00. The smallest absolute Gasteiger partial charge is 0.335 e. The van der Waals surface area contributed by atoms with Crippen molar-refractivity contribution in [1.82, 2.24) is 4.98 Å². The maximum absolute atomic E-state index is 11.3. The lowest BCUT2D eigenvalue weighted by atomic mass is 10.2. The minimum Gasteiger partial charge on any atom is -0.466 e. The molecule has 1 aromatic heterocycles. The SMILES string of the molecule is CCOC(=O)Cc1ccc([N+](=O)[O-])[nH]c1=O. The number of rotatable bonds is 4. The molecule has 0 radical (unpaired) electrons. The van der Waals surface area contributed by atoms with Crippen LogP contribution in [-0.2, 0) is 16.0 Å². The molecule has 7 heteroatoms. The van der Waals surface area contributed by atoms with Crippen LogP contribution in [0.1, 0.15) is 12.5 Å². The van der Waals surface area contributed by atoms with Gasteiger partial charge in [0.05, 0.1) is 18.6 Å². The van der Waals surface area contributed by atoms with Crippen molar-refractivity contribution in [3.05, 3.63) is 38.2 Å². The molecule has 1 heterocycles. The van der Waals surface area contributed by atoms with E-state index < -0.39 is 22.3 Å². The Labute approximate surface area is 90.2 Å². The van der Waals surface area contributed by atoms with E-state index in [0.29, 0.717) is 0 Å². The van der Waals surface area contributed by atoms with Crippen LogP contribution in [0.15, 0.2) is 16.9 Å². The molecule has 0 aliphatic carbocycles. The van der Waals surface area contributed by atoms with Gasteiger partial charge in [-0.1, -0.05) is 0 Å². The fourth-order valence-electron chi connectivity index (χ4n) is 1.11. The first-order chi connectivity index (χ1) is 7.54. The Bertz CT molecular complexity index is 465. The lowest BCUT2D eigenvalue weighted by molar-refractivity contribution is -0.389. The number of hydrogen-bond acceptors (Lipinski definition) is 5. The van der Waals surface area contributed by atoms with Gasteiger partial charge in [-0.15, -0.1) is 0 Å². The molecule has 0 aliphatic rings. The highest BCUT2D eigenvalue weighted by Crippen LogP contribution is 2.04. The highest BCUT2D eigenvalue weighted by molar-refractivity contribution is 5.72. The van der Waals surface area contributed by atoms with E-state index in [2.05, 4.69) is 9.72 Å². The van der Waals surface area contributed by atoms with Crippen molar-refractivity contribution < 1.29 is 14.5 Å². The van der Waals surface area contributed by atoms with Crippen LogP contribution in [0.25, 0.3) is 0 Å². The Morgan fingerprint density at radius 1 is 1.56 bits per heavy atom. The Kier molecular flexibility index (Phi) is 3.76. The zero-order chi connectivity index (χ0) is 12.1. The maximum atomic E-state index is 11.3. The molecule has 0 aliphatic heterocycles. The van der Waals surface area contributed by atoms with E-state index in [9.17, 15) is 19.7 Å². The van der Waals surface area contributed by atoms with Crippen molar-refractivity contribution >= 4 is 11.8 Å². The van der Waals surface area contributed by atoms with Crippen LogP contribution >= 0.6 is 0 Å². The zero-order valence-electron chi connectivity index (χ0n) is 8.56. The number of H-pyrrole nitrogens is 1. The summed E-state index contributed by atoms with van der Waals surface area (Å²) in [5, 5.41) is 10.3. The quantitative estimate of drug-likeness (QED) is 0.454. The third-order valence-corrected chi connectivity index (χ3v) is 1.81. The number of ether oxygens (including phenoxy) is 1. The largest absolute Gasteiger partial charge is 0.466 e. The van der Waals surface area contributed by atoms with Crippen LogP contribution in [-0.4, -0.2) is 22.5 Å². The number of nitro groups is 1. The maximum Gasteiger partial charge on any atom is 0.335 e. The molecule has 0 saturated carbocycles. The predicted octanol–water partition coefficient (Wildman–Crippen LogP) is 0.389. The van der Waals surface area contributed by atoms with Crippen LogP contribution in [0.5, 0.6) is 0 Å². The minimum atomic E-state index is -0.713. The Morgan fingerprint density at radius 3 is 2.75 bits per heavy atom. The summed E-state index contributed by atoms with van der Waals surface area (Å²) in [5.74, 6) is -0.945. The Morgan fingerprint density at radius 2 is 2.25 bits per heavy atom. The van der Waals surface area contributed by atoms with Gasteiger partial charge < -0.3 is 14.9 Å². The third-order valence-electron chi connectivity index (χ3n) is 1.81. The summed E-state index contributed by atoms with van der Waals surface area (Å²) < 4.78 is 4.65. The van der Waals surface area contributed by atoms with E-state index in [1.165, 1.54) is 6.07 Å². The summed E-state index contributed by atoms with van der Waals surface area (Å²) in [5.41, 5.74) is -0.508. The van der Waals surface area contributed by atoms with Gasteiger partial charge in [-0.05, 0) is 17.9 Å². The van der Waals surface area contributed by atoms with Gasteiger partial charge in [0.15, 0.2) is 0 Å². The van der Waals surface area contributed by atoms with E-state index in [0.717, 1.165) is 6.07 Å². The van der Waals surface area contributed by atoms with Crippen molar-refractivity contribution in [2.75, 3.05) is 6.61 Å². The molecule has 0 unspecified atom stereocenters. The summed E-state index contributed by atoms with van der Waals surface area (Å²) >= 11 is 0. The van der Waals surface area contributed by atoms with Gasteiger partial charge in [0, 0.05) is 6.07 Å². The topological polar surface area (TPSA) is 102 Å². The van der Waals surface area contributed by atoms with Crippen LogP contribution in [0, 0.1) is 10.1 Å². The van der Waals surface area contributed by atoms with Crippen LogP contribution in [0.3, 0.4) is 0 Å². The number of nitrogens with one attached hydrogen (secondary N) is 1. The first kappa shape index (κ1) is 11.9. The van der Waals surface area contributed by atoms with Crippen molar-refractivity contribution in [2.24, 2.45) is 0 Å². The van der Waals surface area contributed by atoms with Crippen LogP contribution in [0.2, 0.25) is 0 Å². The van der Waals surface area contributed by atoms with E-state index >= 15 is 0 Å². The van der Waals surface area contributed by atoms with Crippen molar-refractivity contribution in [2.45, 2.75) is 13.3 Å². The fraction of sp³-hybridized carbons (Fsp3) is 0.333. The van der Waals surface area contributed by atoms with Gasteiger partial charge in [0.2, 0.25) is 0 Å². The van der Waals surface area contributed by atoms with Crippen LogP contribution in [0.4, 0.5) is 5.82 Å². The van der Waals surface area contributed by atoms with Gasteiger partial charge in [-0.25, -0.2) is 9.78 Å². The number of hydrogen-bond donors (Lipinski definition) is 1. The summed E-state index contributed by atoms with van der Waals surface area (Å²) in [4.78, 5) is 34.1. The first-order valence-electron chi connectivity index (χ1n) is 4.56. The molecule has 0 bridgehead atoms. The summed E-state index contributed by atoms with van der Waals surface area (Å²) in [6, 6.07) is 2.38. The highest BCUT2D eigenvalue weighted by Gasteiger charge is 2.12. The number of aromatic nitrogens is 1. The summed E-state index contributed by atoms with van der Waals surface area (Å²) in [7, 11) is 0. The second-order valence-corrected chi connectivity index (χ2v) is 2.94. The van der Waals surface area contributed by atoms with E-state index in [4.69, 9.17) is 0 Å². The van der Waals surface area contributed by atoms with Crippen molar-refractivity contribution in [3.63, 3.8) is 0 Å². The number of aromatic amines is 1. The Balaban J connectivity index is 2.88. The monoisotopic (exact) mass is 226 g/mol. The molecule has 0 atom stereocenters. The van der Waals surface area contributed by atoms with E-state index in [1.807, 2.05) is 0 Å². The molecule has 7 nitrogen and oxygen atoms in total. The minimum absolute atomic E-state index is 0.143. The van der Waals surface area contributed by atoms with Gasteiger partial charge >= 0.3 is 17.3 Å². The number of nitrogens with zero attached hydrogens (tertiary/aromatic N) is 1. The summed E-state index contributed by atoms with van der Waals surface area (Å²) in [6.45, 7) is 1.88. The number of carbonyl (C=O) groups excluding carboxylic acids is 1. The third kappa shape index (κ3) is 2.91. The molecule has 1 rings (SSSR count). The molecule has 0 fully saturated rings. The normalized spacial score (nSPS) is 9.81. The second-order valence-electron chi connectivity index (χ2n) is 2.94. The number of pyridine rings is 1. The average molecular weight is 226 g/mol. The number of carbonyl (C=O) groups is 1. The van der Waals surface area contributed by atoms with Gasteiger partial charge in [-0.3, -0.25) is 4.79 Å². The van der Waals surface area contributed by atoms with Gasteiger partial charge in [0.25, 0.3) is 0 Å². The molecule has 86 valence electrons. The number of esters is 1. The molecule has 0 amide bonds. The van der Waals surface area contributed by atoms with Crippen molar-refractivity contribution in [3.8, 4) is 0 Å². The molecule has 16 heavy (non-hydrogen) atoms. The molecular weight excluding hydrogens is 216 g/mol. The first-order valence-corrected chi connectivity index (χ1v) is 4.56. The van der Waals surface area contributed by atoms with Gasteiger partial charge in [-0.2, -0.15) is 0 Å². The zero-order valence-corrected chi connectivity index (χ0v) is 8.56. The average Bonchev–Trinajstić information content (AvgIpc) is 2.21. The molecule has 1 N–H and O–H groups in total. The highest BCUT2D eigenvalue weighted by atomic mass is 16.6. The summed E-state index contributed by atoms with van der Waals surface area (Å²) in [6.07, 6.45) is -0.193. The van der Waals surface area contributed by atoms with Crippen molar-refractivity contribution in [1.29, 1.82) is 0 Å². The molecular formula is C9H10N2O5. The predicted molar refractivity (Wildman–Crippen MR) is 54.1 cm³/mol. The van der Waals surface area contributed by atoms with Crippen LogP contribution < -0.4 is 5.56 Å². The van der Waals surface area contributed by atoms with Gasteiger partial charge in [0.1, 0.15) is 0 Å². The lowest BCUT2D eigenvalue weighted by Crippen LogP contribution is -2.18. The second kappa shape index (κ2) is 5.06. The molecule has 0 saturated heterocycles. The molecule has 0 aromatic carbocycles. The fourth-order valence-corrected chi connectivity index (χ4v) is 1.11. The van der Waals surface area contributed by atoms with E-state index in [1.54, 1.807) is 6.92 Å². The van der Waals surface area contributed by atoms with E-state index in [-0.39, 0.29) is 18.6 Å². The standard InChI is InChI=1S/C9H10N2O5/c1-2-16-8(12)5-6-3-4-7(11(14)15)10-9(6)13/h3-4H,2,5H2,1H3,(H,10,13).